The van der Waals surface area contributed by atoms with Crippen molar-refractivity contribution in [1.29, 1.82) is 5.26 Å². The van der Waals surface area contributed by atoms with E-state index in [2.05, 4.69) is 10.3 Å². The van der Waals surface area contributed by atoms with Crippen molar-refractivity contribution >= 4 is 11.5 Å². The third kappa shape index (κ3) is 3.68. The topological polar surface area (TPSA) is 101 Å². The van der Waals surface area contributed by atoms with Gasteiger partial charge in [0.1, 0.15) is 11.9 Å². The molecule has 1 atom stereocenters. The number of anilines is 1. The van der Waals surface area contributed by atoms with Crippen LogP contribution in [-0.2, 0) is 4.74 Å². The van der Waals surface area contributed by atoms with Crippen molar-refractivity contribution in [3.05, 3.63) is 27.9 Å². The molecule has 1 aromatic rings. The molecule has 0 saturated heterocycles. The largest absolute Gasteiger partial charge is 0.377 e. The third-order valence-electron chi connectivity index (χ3n) is 2.20. The van der Waals surface area contributed by atoms with Crippen LogP contribution in [0.5, 0.6) is 0 Å². The molecule has 18 heavy (non-hydrogen) atoms. The number of hydrogen-bond acceptors (Lipinski definition) is 6. The van der Waals surface area contributed by atoms with Crippen LogP contribution in [-0.4, -0.2) is 29.2 Å². The lowest BCUT2D eigenvalue weighted by Crippen LogP contribution is -2.20. The van der Waals surface area contributed by atoms with Gasteiger partial charge in [-0.25, -0.2) is 4.98 Å². The Morgan fingerprint density at radius 1 is 1.67 bits per heavy atom. The average Bonchev–Trinajstić information content (AvgIpc) is 2.36. The summed E-state index contributed by atoms with van der Waals surface area (Å²) in [6.45, 7) is 4.92. The van der Waals surface area contributed by atoms with Crippen LogP contribution in [0.1, 0.15) is 19.5 Å². The zero-order chi connectivity index (χ0) is 13.5. The molecule has 0 spiro atoms. The summed E-state index contributed by atoms with van der Waals surface area (Å²) in [6, 6.07) is 4.44. The Kier molecular flexibility index (Phi) is 5.02. The Labute approximate surface area is 105 Å². The lowest BCUT2D eigenvalue weighted by molar-refractivity contribution is -0.385. The highest BCUT2D eigenvalue weighted by molar-refractivity contribution is 5.50. The van der Waals surface area contributed by atoms with Gasteiger partial charge in [-0.1, -0.05) is 0 Å². The molecule has 1 aromatic heterocycles. The van der Waals surface area contributed by atoms with E-state index < -0.39 is 4.92 Å². The molecule has 0 aliphatic rings. The maximum atomic E-state index is 10.6. The fourth-order valence-electron chi connectivity index (χ4n) is 1.37. The molecule has 1 N–H and O–H groups in total. The predicted molar refractivity (Wildman–Crippen MR) is 65.2 cm³/mol. The standard InChI is InChI=1S/C11H14N4O3/c1-3-18-8(2)7-13-11-5-4-10(15(16)17)9(6-12)14-11/h4-5,8H,3,7H2,1-2H3,(H,13,14). The Morgan fingerprint density at radius 3 is 2.94 bits per heavy atom. The van der Waals surface area contributed by atoms with Gasteiger partial charge in [0.2, 0.25) is 5.69 Å². The number of aromatic nitrogens is 1. The zero-order valence-corrected chi connectivity index (χ0v) is 10.2. The van der Waals surface area contributed by atoms with Gasteiger partial charge in [-0.15, -0.1) is 0 Å². The van der Waals surface area contributed by atoms with Crippen LogP contribution in [0.3, 0.4) is 0 Å². The molecule has 1 unspecified atom stereocenters. The number of rotatable bonds is 6. The minimum Gasteiger partial charge on any atom is -0.377 e. The lowest BCUT2D eigenvalue weighted by atomic mass is 10.3. The molecular weight excluding hydrogens is 236 g/mol. The molecule has 0 aliphatic heterocycles. The Bertz CT molecular complexity index is 470. The summed E-state index contributed by atoms with van der Waals surface area (Å²) in [5.74, 6) is 0.420. The summed E-state index contributed by atoms with van der Waals surface area (Å²) in [5.41, 5.74) is -0.491. The monoisotopic (exact) mass is 250 g/mol. The predicted octanol–water partition coefficient (Wildman–Crippen LogP) is 1.70. The summed E-state index contributed by atoms with van der Waals surface area (Å²) >= 11 is 0. The number of nitro groups is 1. The van der Waals surface area contributed by atoms with E-state index in [0.29, 0.717) is 19.0 Å². The van der Waals surface area contributed by atoms with Crippen molar-refractivity contribution < 1.29 is 9.66 Å². The van der Waals surface area contributed by atoms with Crippen molar-refractivity contribution in [2.75, 3.05) is 18.5 Å². The Balaban J connectivity index is 2.75. The molecule has 0 radical (unpaired) electrons. The van der Waals surface area contributed by atoms with Crippen LogP contribution in [0.15, 0.2) is 12.1 Å². The molecule has 0 saturated carbocycles. The first-order valence-electron chi connectivity index (χ1n) is 5.49. The Morgan fingerprint density at radius 2 is 2.39 bits per heavy atom. The number of pyridine rings is 1. The van der Waals surface area contributed by atoms with E-state index in [9.17, 15) is 10.1 Å². The van der Waals surface area contributed by atoms with Crippen molar-refractivity contribution in [3.63, 3.8) is 0 Å². The summed E-state index contributed by atoms with van der Waals surface area (Å²) in [7, 11) is 0. The second-order valence-electron chi connectivity index (χ2n) is 3.58. The van der Waals surface area contributed by atoms with Gasteiger partial charge in [0, 0.05) is 19.2 Å². The maximum absolute atomic E-state index is 10.6. The van der Waals surface area contributed by atoms with Gasteiger partial charge >= 0.3 is 5.69 Å². The van der Waals surface area contributed by atoms with Crippen molar-refractivity contribution in [3.8, 4) is 6.07 Å². The lowest BCUT2D eigenvalue weighted by Gasteiger charge is -2.12. The molecule has 7 nitrogen and oxygen atoms in total. The van der Waals surface area contributed by atoms with E-state index >= 15 is 0 Å². The van der Waals surface area contributed by atoms with Gasteiger partial charge in [0.15, 0.2) is 0 Å². The molecule has 0 amide bonds. The molecule has 0 aliphatic carbocycles. The second-order valence-corrected chi connectivity index (χ2v) is 3.58. The highest BCUT2D eigenvalue weighted by Gasteiger charge is 2.15. The van der Waals surface area contributed by atoms with Gasteiger partial charge in [-0.05, 0) is 19.9 Å². The second kappa shape index (κ2) is 6.51. The summed E-state index contributed by atoms with van der Waals surface area (Å²) in [6.07, 6.45) is -0.00229. The van der Waals surface area contributed by atoms with Gasteiger partial charge in [0.05, 0.1) is 11.0 Å². The van der Waals surface area contributed by atoms with Crippen LogP contribution in [0.2, 0.25) is 0 Å². The van der Waals surface area contributed by atoms with Gasteiger partial charge in [-0.2, -0.15) is 5.26 Å². The maximum Gasteiger partial charge on any atom is 0.305 e. The third-order valence-corrected chi connectivity index (χ3v) is 2.20. The van der Waals surface area contributed by atoms with Crippen LogP contribution >= 0.6 is 0 Å². The van der Waals surface area contributed by atoms with Crippen molar-refractivity contribution in [1.82, 2.24) is 4.98 Å². The molecular formula is C11H14N4O3. The van der Waals surface area contributed by atoms with Crippen molar-refractivity contribution in [2.45, 2.75) is 20.0 Å². The van der Waals surface area contributed by atoms with E-state index in [4.69, 9.17) is 10.00 Å². The first-order chi connectivity index (χ1) is 8.58. The van der Waals surface area contributed by atoms with Crippen LogP contribution < -0.4 is 5.32 Å². The molecule has 0 aromatic carbocycles. The van der Waals surface area contributed by atoms with Gasteiger partial charge in [-0.3, -0.25) is 10.1 Å². The number of nitrogens with zero attached hydrogens (tertiary/aromatic N) is 3. The van der Waals surface area contributed by atoms with Gasteiger partial charge < -0.3 is 10.1 Å². The van der Waals surface area contributed by atoms with Gasteiger partial charge in [0.25, 0.3) is 0 Å². The molecule has 7 heteroatoms. The number of ether oxygens (including phenoxy) is 1. The van der Waals surface area contributed by atoms with E-state index in [1.165, 1.54) is 12.1 Å². The van der Waals surface area contributed by atoms with Crippen LogP contribution in [0, 0.1) is 21.4 Å². The zero-order valence-electron chi connectivity index (χ0n) is 10.2. The molecule has 0 bridgehead atoms. The first-order valence-corrected chi connectivity index (χ1v) is 5.49. The van der Waals surface area contributed by atoms with E-state index in [-0.39, 0.29) is 17.5 Å². The number of nitrogens with one attached hydrogen (secondary N) is 1. The van der Waals surface area contributed by atoms with E-state index in [0.717, 1.165) is 0 Å². The van der Waals surface area contributed by atoms with Crippen LogP contribution in [0.4, 0.5) is 11.5 Å². The first kappa shape index (κ1) is 13.9. The fourth-order valence-corrected chi connectivity index (χ4v) is 1.37. The minimum atomic E-state index is -0.627. The highest BCUT2D eigenvalue weighted by Crippen LogP contribution is 2.17. The minimum absolute atomic E-state index is 0.00229. The molecule has 0 fully saturated rings. The Hall–Kier alpha value is -2.20. The number of nitriles is 1. The summed E-state index contributed by atoms with van der Waals surface area (Å²) in [4.78, 5) is 13.9. The normalized spacial score (nSPS) is 11.6. The highest BCUT2D eigenvalue weighted by atomic mass is 16.6. The molecule has 96 valence electrons. The van der Waals surface area contributed by atoms with Crippen molar-refractivity contribution in [2.24, 2.45) is 0 Å². The van der Waals surface area contributed by atoms with E-state index in [1.54, 1.807) is 6.07 Å². The fraction of sp³-hybridized carbons (Fsp3) is 0.455. The SMILES string of the molecule is CCOC(C)CNc1ccc([N+](=O)[O-])c(C#N)n1. The van der Waals surface area contributed by atoms with Crippen LogP contribution in [0.25, 0.3) is 0 Å². The number of hydrogen-bond donors (Lipinski definition) is 1. The average molecular weight is 250 g/mol. The van der Waals surface area contributed by atoms with E-state index in [1.807, 2.05) is 13.8 Å². The molecule has 1 rings (SSSR count). The summed E-state index contributed by atoms with van der Waals surface area (Å²) in [5, 5.41) is 22.4. The summed E-state index contributed by atoms with van der Waals surface area (Å²) < 4.78 is 5.32. The smallest absolute Gasteiger partial charge is 0.305 e. The quantitative estimate of drug-likeness (QED) is 0.609. The molecule has 1 heterocycles.